The van der Waals surface area contributed by atoms with Crippen molar-refractivity contribution in [2.75, 3.05) is 0 Å². The Balaban J connectivity index is 2.11. The van der Waals surface area contributed by atoms with Crippen LogP contribution in [0.25, 0.3) is 0 Å². The van der Waals surface area contributed by atoms with Crippen molar-refractivity contribution in [2.45, 2.75) is 64.7 Å². The molecule has 1 aliphatic carbocycles. The number of benzene rings is 1. The van der Waals surface area contributed by atoms with E-state index in [0.717, 1.165) is 0 Å². The summed E-state index contributed by atoms with van der Waals surface area (Å²) in [6, 6.07) is 7.49. The van der Waals surface area contributed by atoms with E-state index < -0.39 is 5.97 Å². The zero-order valence-electron chi connectivity index (χ0n) is 12.9. The molecule has 0 heterocycles. The summed E-state index contributed by atoms with van der Waals surface area (Å²) < 4.78 is 0. The van der Waals surface area contributed by atoms with E-state index >= 15 is 0 Å². The first-order valence-electron chi connectivity index (χ1n) is 7.72. The third-order valence-corrected chi connectivity index (χ3v) is 5.24. The van der Waals surface area contributed by atoms with E-state index in [-0.39, 0.29) is 5.41 Å². The first-order chi connectivity index (χ1) is 9.38. The standard InChI is InChI=1S/C18H26O2/c1-4-9-17(2)10-12-18(3,13-11-17)15-7-5-14(6-8-15)16(19)20/h5-8H,4,9-13H2,1-3H3,(H,19,20). The molecule has 1 aliphatic rings. The summed E-state index contributed by atoms with van der Waals surface area (Å²) in [6.45, 7) is 7.02. The highest BCUT2D eigenvalue weighted by Gasteiger charge is 2.37. The van der Waals surface area contributed by atoms with Gasteiger partial charge in [-0.05, 0) is 60.6 Å². The third kappa shape index (κ3) is 3.05. The van der Waals surface area contributed by atoms with Crippen molar-refractivity contribution in [3.05, 3.63) is 35.4 Å². The molecule has 1 aromatic rings. The van der Waals surface area contributed by atoms with E-state index in [0.29, 0.717) is 11.0 Å². The molecule has 0 radical (unpaired) electrons. The van der Waals surface area contributed by atoms with Gasteiger partial charge in [-0.1, -0.05) is 39.3 Å². The van der Waals surface area contributed by atoms with Gasteiger partial charge >= 0.3 is 5.97 Å². The quantitative estimate of drug-likeness (QED) is 0.836. The number of aromatic carboxylic acids is 1. The van der Waals surface area contributed by atoms with Crippen molar-refractivity contribution in [1.29, 1.82) is 0 Å². The van der Waals surface area contributed by atoms with Gasteiger partial charge in [-0.15, -0.1) is 0 Å². The van der Waals surface area contributed by atoms with E-state index in [2.05, 4.69) is 20.8 Å². The van der Waals surface area contributed by atoms with E-state index in [4.69, 9.17) is 5.11 Å². The molecule has 0 aromatic heterocycles. The van der Waals surface area contributed by atoms with Crippen LogP contribution in [0.3, 0.4) is 0 Å². The first-order valence-corrected chi connectivity index (χ1v) is 7.72. The Morgan fingerprint density at radius 2 is 1.65 bits per heavy atom. The van der Waals surface area contributed by atoms with E-state index in [1.165, 1.54) is 44.1 Å². The van der Waals surface area contributed by atoms with Crippen LogP contribution in [0.2, 0.25) is 0 Å². The van der Waals surface area contributed by atoms with Crippen LogP contribution in [0, 0.1) is 5.41 Å². The minimum absolute atomic E-state index is 0.213. The van der Waals surface area contributed by atoms with Gasteiger partial charge in [0.05, 0.1) is 5.56 Å². The molecule has 0 amide bonds. The van der Waals surface area contributed by atoms with Crippen LogP contribution in [0.15, 0.2) is 24.3 Å². The highest BCUT2D eigenvalue weighted by molar-refractivity contribution is 5.87. The fourth-order valence-electron chi connectivity index (χ4n) is 3.56. The molecular weight excluding hydrogens is 248 g/mol. The monoisotopic (exact) mass is 274 g/mol. The third-order valence-electron chi connectivity index (χ3n) is 5.24. The second-order valence-electron chi connectivity index (χ2n) is 7.00. The van der Waals surface area contributed by atoms with Crippen molar-refractivity contribution < 1.29 is 9.90 Å². The Bertz CT molecular complexity index is 465. The summed E-state index contributed by atoms with van der Waals surface area (Å²) in [7, 11) is 0. The van der Waals surface area contributed by atoms with Crippen molar-refractivity contribution in [3.63, 3.8) is 0 Å². The Morgan fingerprint density at radius 3 is 2.10 bits per heavy atom. The van der Waals surface area contributed by atoms with Crippen LogP contribution < -0.4 is 0 Å². The molecule has 1 N–H and O–H groups in total. The van der Waals surface area contributed by atoms with E-state index in [1.54, 1.807) is 12.1 Å². The van der Waals surface area contributed by atoms with Gasteiger partial charge in [-0.25, -0.2) is 4.79 Å². The number of hydrogen-bond acceptors (Lipinski definition) is 1. The summed E-state index contributed by atoms with van der Waals surface area (Å²) in [6.07, 6.45) is 7.55. The molecule has 0 bridgehead atoms. The van der Waals surface area contributed by atoms with Crippen molar-refractivity contribution in [2.24, 2.45) is 5.41 Å². The Morgan fingerprint density at radius 1 is 1.10 bits per heavy atom. The number of carboxylic acids is 1. The lowest BCUT2D eigenvalue weighted by molar-refractivity contribution is 0.0697. The molecule has 20 heavy (non-hydrogen) atoms. The molecule has 1 fully saturated rings. The van der Waals surface area contributed by atoms with Crippen molar-refractivity contribution >= 4 is 5.97 Å². The normalized spacial score (nSPS) is 30.1. The number of hydrogen-bond donors (Lipinski definition) is 1. The van der Waals surface area contributed by atoms with Gasteiger partial charge in [0.2, 0.25) is 0 Å². The highest BCUT2D eigenvalue weighted by Crippen LogP contribution is 2.48. The molecule has 0 unspecified atom stereocenters. The van der Waals surface area contributed by atoms with Gasteiger partial charge in [0, 0.05) is 0 Å². The lowest BCUT2D eigenvalue weighted by Gasteiger charge is -2.43. The lowest BCUT2D eigenvalue weighted by Crippen LogP contribution is -2.33. The zero-order chi connectivity index (χ0) is 14.8. The van der Waals surface area contributed by atoms with Crippen LogP contribution >= 0.6 is 0 Å². The van der Waals surface area contributed by atoms with Gasteiger partial charge in [0.25, 0.3) is 0 Å². The summed E-state index contributed by atoms with van der Waals surface area (Å²) in [5, 5.41) is 8.98. The van der Waals surface area contributed by atoms with Gasteiger partial charge in [-0.3, -0.25) is 0 Å². The lowest BCUT2D eigenvalue weighted by atomic mass is 9.61. The number of carbonyl (C=O) groups is 1. The average Bonchev–Trinajstić information content (AvgIpc) is 2.43. The van der Waals surface area contributed by atoms with Gasteiger partial charge in [-0.2, -0.15) is 0 Å². The summed E-state index contributed by atoms with van der Waals surface area (Å²) in [5.41, 5.74) is 2.39. The summed E-state index contributed by atoms with van der Waals surface area (Å²) in [4.78, 5) is 10.9. The maximum absolute atomic E-state index is 10.9. The topological polar surface area (TPSA) is 37.3 Å². The van der Waals surface area contributed by atoms with Crippen LogP contribution in [0.5, 0.6) is 0 Å². The second-order valence-corrected chi connectivity index (χ2v) is 7.00. The van der Waals surface area contributed by atoms with E-state index in [1.807, 2.05) is 12.1 Å². The predicted octanol–water partition coefficient (Wildman–Crippen LogP) is 5.02. The fourth-order valence-corrected chi connectivity index (χ4v) is 3.56. The maximum atomic E-state index is 10.9. The molecule has 2 rings (SSSR count). The number of rotatable bonds is 4. The smallest absolute Gasteiger partial charge is 0.335 e. The van der Waals surface area contributed by atoms with Crippen LogP contribution in [0.1, 0.15) is 75.2 Å². The minimum Gasteiger partial charge on any atom is -0.478 e. The molecule has 0 spiro atoms. The largest absolute Gasteiger partial charge is 0.478 e. The number of carboxylic acid groups (broad SMARTS) is 1. The molecule has 1 saturated carbocycles. The van der Waals surface area contributed by atoms with Gasteiger partial charge in [0.15, 0.2) is 0 Å². The molecule has 2 nitrogen and oxygen atoms in total. The second kappa shape index (κ2) is 5.59. The SMILES string of the molecule is CCCC1(C)CCC(C)(c2ccc(C(=O)O)cc2)CC1. The molecule has 0 aliphatic heterocycles. The zero-order valence-corrected chi connectivity index (χ0v) is 12.9. The van der Waals surface area contributed by atoms with Crippen molar-refractivity contribution in [3.8, 4) is 0 Å². The molecule has 1 aromatic carbocycles. The average molecular weight is 274 g/mol. The van der Waals surface area contributed by atoms with Gasteiger partial charge in [0.1, 0.15) is 0 Å². The maximum Gasteiger partial charge on any atom is 0.335 e. The molecule has 0 saturated heterocycles. The first kappa shape index (κ1) is 15.1. The Hall–Kier alpha value is -1.31. The van der Waals surface area contributed by atoms with Crippen molar-refractivity contribution in [1.82, 2.24) is 0 Å². The summed E-state index contributed by atoms with van der Waals surface area (Å²) >= 11 is 0. The van der Waals surface area contributed by atoms with Crippen LogP contribution in [0.4, 0.5) is 0 Å². The van der Waals surface area contributed by atoms with Crippen LogP contribution in [-0.4, -0.2) is 11.1 Å². The van der Waals surface area contributed by atoms with E-state index in [9.17, 15) is 4.79 Å². The molecular formula is C18H26O2. The minimum atomic E-state index is -0.846. The Kier molecular flexibility index (Phi) is 4.22. The molecule has 0 atom stereocenters. The fraction of sp³-hybridized carbons (Fsp3) is 0.611. The van der Waals surface area contributed by atoms with Crippen LogP contribution in [-0.2, 0) is 5.41 Å². The predicted molar refractivity (Wildman–Crippen MR) is 82.2 cm³/mol. The van der Waals surface area contributed by atoms with Gasteiger partial charge < -0.3 is 5.11 Å². The Labute approximate surface area is 122 Å². The molecule has 110 valence electrons. The highest BCUT2D eigenvalue weighted by atomic mass is 16.4. The summed E-state index contributed by atoms with van der Waals surface area (Å²) in [5.74, 6) is -0.846. The molecule has 2 heteroatoms.